The monoisotopic (exact) mass is 277 g/mol. The van der Waals surface area contributed by atoms with Gasteiger partial charge in [0.05, 0.1) is 5.56 Å². The highest BCUT2D eigenvalue weighted by molar-refractivity contribution is 5.95. The Balaban J connectivity index is 2.80. The minimum Gasteiger partial charge on any atom is -0.349 e. The predicted molar refractivity (Wildman–Crippen MR) is 82.9 cm³/mol. The van der Waals surface area contributed by atoms with Gasteiger partial charge < -0.3 is 10.2 Å². The number of pyridine rings is 1. The molecule has 4 heteroatoms. The molecule has 0 spiro atoms. The van der Waals surface area contributed by atoms with Crippen molar-refractivity contribution in [3.63, 3.8) is 0 Å². The molecule has 1 N–H and O–H groups in total. The van der Waals surface area contributed by atoms with Gasteiger partial charge >= 0.3 is 0 Å². The van der Waals surface area contributed by atoms with Crippen molar-refractivity contribution in [2.75, 3.05) is 20.6 Å². The molecule has 0 saturated carbocycles. The van der Waals surface area contributed by atoms with Gasteiger partial charge in [-0.25, -0.2) is 0 Å². The molecular formula is C16H27N3O. The largest absolute Gasteiger partial charge is 0.349 e. The third-order valence-electron chi connectivity index (χ3n) is 3.47. The maximum absolute atomic E-state index is 12.4. The summed E-state index contributed by atoms with van der Waals surface area (Å²) in [6.07, 6.45) is 2.64. The number of hydrogen-bond donors (Lipinski definition) is 1. The van der Waals surface area contributed by atoms with Gasteiger partial charge in [-0.05, 0) is 51.5 Å². The first-order chi connectivity index (χ1) is 9.21. The van der Waals surface area contributed by atoms with Crippen LogP contribution in [0.4, 0.5) is 0 Å². The Morgan fingerprint density at radius 2 is 2.05 bits per heavy atom. The first kappa shape index (κ1) is 16.6. The summed E-state index contributed by atoms with van der Waals surface area (Å²) < 4.78 is 0. The molecule has 1 atom stereocenters. The van der Waals surface area contributed by atoms with E-state index < -0.39 is 0 Å². The summed E-state index contributed by atoms with van der Waals surface area (Å²) in [6.45, 7) is 9.28. The number of carbonyl (C=O) groups excluding carboxylic acids is 1. The van der Waals surface area contributed by atoms with Crippen molar-refractivity contribution in [1.29, 1.82) is 0 Å². The summed E-state index contributed by atoms with van der Waals surface area (Å²) in [4.78, 5) is 18.7. The van der Waals surface area contributed by atoms with Gasteiger partial charge in [0.1, 0.15) is 0 Å². The maximum atomic E-state index is 12.4. The third-order valence-corrected chi connectivity index (χ3v) is 3.47. The molecular weight excluding hydrogens is 250 g/mol. The van der Waals surface area contributed by atoms with Crippen molar-refractivity contribution >= 4 is 5.91 Å². The van der Waals surface area contributed by atoms with Crippen LogP contribution in [0, 0.1) is 12.3 Å². The molecule has 0 aliphatic heterocycles. The average Bonchev–Trinajstić information content (AvgIpc) is 2.33. The van der Waals surface area contributed by atoms with Gasteiger partial charge in [-0.2, -0.15) is 0 Å². The summed E-state index contributed by atoms with van der Waals surface area (Å²) in [5, 5.41) is 3.16. The van der Waals surface area contributed by atoms with Crippen LogP contribution in [0.25, 0.3) is 0 Å². The van der Waals surface area contributed by atoms with E-state index >= 15 is 0 Å². The lowest BCUT2D eigenvalue weighted by atomic mass is 9.84. The fourth-order valence-corrected chi connectivity index (χ4v) is 2.07. The summed E-state index contributed by atoms with van der Waals surface area (Å²) in [5.41, 5.74) is 1.46. The van der Waals surface area contributed by atoms with E-state index in [1.54, 1.807) is 12.3 Å². The lowest BCUT2D eigenvalue weighted by molar-refractivity contribution is 0.0892. The summed E-state index contributed by atoms with van der Waals surface area (Å²) >= 11 is 0. The van der Waals surface area contributed by atoms with Crippen LogP contribution in [0.3, 0.4) is 0 Å². The van der Waals surface area contributed by atoms with Gasteiger partial charge in [-0.15, -0.1) is 0 Å². The van der Waals surface area contributed by atoms with Gasteiger partial charge in [0.15, 0.2) is 0 Å². The molecule has 0 fully saturated rings. The Bertz CT molecular complexity index is 449. The molecule has 0 aromatic carbocycles. The molecule has 1 aromatic rings. The van der Waals surface area contributed by atoms with Gasteiger partial charge in [-0.3, -0.25) is 9.78 Å². The van der Waals surface area contributed by atoms with Gasteiger partial charge in [-0.1, -0.05) is 20.8 Å². The average molecular weight is 277 g/mol. The van der Waals surface area contributed by atoms with E-state index in [4.69, 9.17) is 0 Å². The second-order valence-electron chi connectivity index (χ2n) is 6.62. The molecule has 1 unspecified atom stereocenters. The third kappa shape index (κ3) is 4.93. The number of amides is 1. The second kappa shape index (κ2) is 6.84. The van der Waals surface area contributed by atoms with Crippen LogP contribution in [0.5, 0.6) is 0 Å². The molecule has 1 amide bonds. The van der Waals surface area contributed by atoms with Crippen molar-refractivity contribution in [3.05, 3.63) is 29.6 Å². The van der Waals surface area contributed by atoms with E-state index in [0.29, 0.717) is 5.56 Å². The minimum absolute atomic E-state index is 0.0295. The van der Waals surface area contributed by atoms with Crippen molar-refractivity contribution in [1.82, 2.24) is 15.2 Å². The number of aryl methyl sites for hydroxylation is 1. The molecule has 112 valence electrons. The fraction of sp³-hybridized carbons (Fsp3) is 0.625. The lowest BCUT2D eigenvalue weighted by Crippen LogP contribution is -2.45. The number of rotatable bonds is 5. The Kier molecular flexibility index (Phi) is 5.69. The van der Waals surface area contributed by atoms with Gasteiger partial charge in [0, 0.05) is 17.9 Å². The second-order valence-corrected chi connectivity index (χ2v) is 6.62. The van der Waals surface area contributed by atoms with Crippen LogP contribution in [-0.4, -0.2) is 42.5 Å². The Labute approximate surface area is 122 Å². The van der Waals surface area contributed by atoms with E-state index in [1.165, 1.54) is 0 Å². The van der Waals surface area contributed by atoms with Gasteiger partial charge in [0.2, 0.25) is 0 Å². The summed E-state index contributed by atoms with van der Waals surface area (Å²) in [6, 6.07) is 3.76. The van der Waals surface area contributed by atoms with Crippen molar-refractivity contribution in [2.24, 2.45) is 5.41 Å². The molecule has 0 aliphatic carbocycles. The molecule has 0 saturated heterocycles. The normalized spacial score (nSPS) is 13.3. The van der Waals surface area contributed by atoms with Crippen LogP contribution in [0.2, 0.25) is 0 Å². The lowest BCUT2D eigenvalue weighted by Gasteiger charge is -2.32. The highest BCUT2D eigenvalue weighted by atomic mass is 16.1. The molecule has 1 rings (SSSR count). The van der Waals surface area contributed by atoms with E-state index in [9.17, 15) is 4.79 Å². The van der Waals surface area contributed by atoms with Crippen LogP contribution in [0.1, 0.15) is 43.2 Å². The zero-order chi connectivity index (χ0) is 15.3. The zero-order valence-electron chi connectivity index (χ0n) is 13.5. The van der Waals surface area contributed by atoms with E-state index in [0.717, 1.165) is 18.7 Å². The van der Waals surface area contributed by atoms with Gasteiger partial charge in [0.25, 0.3) is 5.91 Å². The van der Waals surface area contributed by atoms with E-state index in [1.807, 2.05) is 27.1 Å². The maximum Gasteiger partial charge on any atom is 0.253 e. The van der Waals surface area contributed by atoms with Crippen LogP contribution in [-0.2, 0) is 0 Å². The fourth-order valence-electron chi connectivity index (χ4n) is 2.07. The molecule has 1 aromatic heterocycles. The highest BCUT2D eigenvalue weighted by Crippen LogP contribution is 2.22. The van der Waals surface area contributed by atoms with E-state index in [-0.39, 0.29) is 17.4 Å². The standard InChI is InChI=1S/C16H27N3O/c1-12-13(8-7-10-17-12)15(20)18-14(16(2,3)4)9-11-19(5)6/h7-8,10,14H,9,11H2,1-6H3,(H,18,20). The number of nitrogens with zero attached hydrogens (tertiary/aromatic N) is 2. The number of carbonyl (C=O) groups is 1. The molecule has 0 aliphatic rings. The zero-order valence-corrected chi connectivity index (χ0v) is 13.5. The molecule has 1 heterocycles. The van der Waals surface area contributed by atoms with Crippen LogP contribution < -0.4 is 5.32 Å². The Hall–Kier alpha value is -1.42. The Morgan fingerprint density at radius 3 is 2.55 bits per heavy atom. The molecule has 0 bridgehead atoms. The minimum atomic E-state index is -0.0331. The molecule has 20 heavy (non-hydrogen) atoms. The van der Waals surface area contributed by atoms with Crippen molar-refractivity contribution in [2.45, 2.75) is 40.2 Å². The van der Waals surface area contributed by atoms with Crippen LogP contribution >= 0.6 is 0 Å². The highest BCUT2D eigenvalue weighted by Gasteiger charge is 2.26. The number of nitrogens with one attached hydrogen (secondary N) is 1. The first-order valence-corrected chi connectivity index (χ1v) is 7.09. The smallest absolute Gasteiger partial charge is 0.253 e. The SMILES string of the molecule is Cc1ncccc1C(=O)NC(CCN(C)C)C(C)(C)C. The predicted octanol–water partition coefficient (Wildman–Crippen LogP) is 2.49. The number of aromatic nitrogens is 1. The quantitative estimate of drug-likeness (QED) is 0.899. The Morgan fingerprint density at radius 1 is 1.40 bits per heavy atom. The van der Waals surface area contributed by atoms with Crippen LogP contribution in [0.15, 0.2) is 18.3 Å². The molecule has 0 radical (unpaired) electrons. The van der Waals surface area contributed by atoms with E-state index in [2.05, 4.69) is 36.0 Å². The number of hydrogen-bond acceptors (Lipinski definition) is 3. The summed E-state index contributed by atoms with van der Waals surface area (Å²) in [5.74, 6) is -0.0331. The summed E-state index contributed by atoms with van der Waals surface area (Å²) in [7, 11) is 4.10. The van der Waals surface area contributed by atoms with Crippen molar-refractivity contribution in [3.8, 4) is 0 Å². The first-order valence-electron chi connectivity index (χ1n) is 7.09. The topological polar surface area (TPSA) is 45.2 Å². The molecule has 4 nitrogen and oxygen atoms in total. The van der Waals surface area contributed by atoms with Crippen molar-refractivity contribution < 1.29 is 4.79 Å².